The highest BCUT2D eigenvalue weighted by Crippen LogP contribution is 2.32. The summed E-state index contributed by atoms with van der Waals surface area (Å²) in [6, 6.07) is 18.8. The summed E-state index contributed by atoms with van der Waals surface area (Å²) in [7, 11) is 0. The molecule has 1 aliphatic rings. The number of nitrogens with one attached hydrogen (secondary N) is 1. The van der Waals surface area contributed by atoms with Crippen LogP contribution in [-0.2, 0) is 20.9 Å². The number of rotatable bonds is 11. The van der Waals surface area contributed by atoms with Gasteiger partial charge in [-0.15, -0.1) is 0 Å². The summed E-state index contributed by atoms with van der Waals surface area (Å²) in [5.41, 5.74) is 2.05. The maximum absolute atomic E-state index is 12.9. The molecule has 0 radical (unpaired) electrons. The van der Waals surface area contributed by atoms with Crippen molar-refractivity contribution in [3.05, 3.63) is 98.4 Å². The van der Waals surface area contributed by atoms with Crippen molar-refractivity contribution in [3.8, 4) is 5.75 Å². The third-order valence-electron chi connectivity index (χ3n) is 5.87. The number of halogens is 2. The number of hydrogen-bond acceptors (Lipinski definition) is 7. The van der Waals surface area contributed by atoms with Crippen molar-refractivity contribution in [2.75, 3.05) is 18.5 Å². The predicted molar refractivity (Wildman–Crippen MR) is 160 cm³/mol. The summed E-state index contributed by atoms with van der Waals surface area (Å²) in [5.74, 6) is -1.14. The number of carbonyl (C=O) groups is 4. The highest BCUT2D eigenvalue weighted by Gasteiger charge is 2.36. The minimum absolute atomic E-state index is 0.107. The second-order valence-corrected chi connectivity index (χ2v) is 10.8. The second kappa shape index (κ2) is 14.2. The maximum Gasteiger partial charge on any atom is 0.339 e. The van der Waals surface area contributed by atoms with E-state index in [1.165, 1.54) is 18.2 Å². The Hall–Kier alpha value is -3.79. The number of nitrogens with zero attached hydrogens (tertiary/aromatic N) is 1. The Morgan fingerprint density at radius 2 is 1.73 bits per heavy atom. The second-order valence-electron chi connectivity index (χ2n) is 8.98. The molecule has 3 aromatic rings. The summed E-state index contributed by atoms with van der Waals surface area (Å²) in [6.45, 7) is 2.12. The van der Waals surface area contributed by atoms with Crippen LogP contribution in [0.15, 0.2) is 71.6 Å². The fourth-order valence-electron chi connectivity index (χ4n) is 3.69. The lowest BCUT2D eigenvalue weighted by atomic mass is 10.2. The van der Waals surface area contributed by atoms with E-state index in [2.05, 4.69) is 5.32 Å². The Labute approximate surface area is 251 Å². The van der Waals surface area contributed by atoms with Crippen LogP contribution in [0.3, 0.4) is 0 Å². The number of unbranched alkanes of at least 4 members (excludes halogenated alkanes) is 1. The van der Waals surface area contributed by atoms with E-state index in [4.69, 9.17) is 32.7 Å². The van der Waals surface area contributed by atoms with Crippen LogP contribution >= 0.6 is 35.0 Å². The first-order valence-corrected chi connectivity index (χ1v) is 14.3. The summed E-state index contributed by atoms with van der Waals surface area (Å²) in [6.07, 6.45) is 3.17. The number of imide groups is 1. The molecule has 212 valence electrons. The summed E-state index contributed by atoms with van der Waals surface area (Å²) in [4.78, 5) is 51.5. The molecule has 1 N–H and O–H groups in total. The third-order valence-corrected chi connectivity index (χ3v) is 7.36. The molecule has 1 heterocycles. The van der Waals surface area contributed by atoms with Crippen LogP contribution in [-0.4, -0.2) is 41.1 Å². The molecule has 0 aliphatic carbocycles. The van der Waals surface area contributed by atoms with Crippen molar-refractivity contribution in [3.63, 3.8) is 0 Å². The number of amides is 3. The van der Waals surface area contributed by atoms with Crippen LogP contribution in [0.5, 0.6) is 5.75 Å². The first-order chi connectivity index (χ1) is 19.7. The molecule has 1 aliphatic heterocycles. The number of ether oxygens (including phenoxy) is 2. The summed E-state index contributed by atoms with van der Waals surface area (Å²) >= 11 is 12.8. The number of thioether (sulfide) groups is 1. The lowest BCUT2D eigenvalue weighted by Crippen LogP contribution is -2.36. The molecule has 0 unspecified atom stereocenters. The van der Waals surface area contributed by atoms with Gasteiger partial charge in [-0.2, -0.15) is 0 Å². The monoisotopic (exact) mass is 612 g/mol. The molecule has 0 bridgehead atoms. The molecule has 8 nitrogen and oxygen atoms in total. The van der Waals surface area contributed by atoms with Gasteiger partial charge in [0, 0.05) is 10.7 Å². The van der Waals surface area contributed by atoms with Crippen molar-refractivity contribution >= 4 is 69.8 Å². The topological polar surface area (TPSA) is 102 Å². The number of carbonyl (C=O) groups excluding carboxylic acids is 4. The molecule has 0 saturated carbocycles. The van der Waals surface area contributed by atoms with Gasteiger partial charge in [0.25, 0.3) is 11.1 Å². The molecule has 0 spiro atoms. The molecule has 0 atom stereocenters. The Kier molecular flexibility index (Phi) is 10.5. The van der Waals surface area contributed by atoms with E-state index in [9.17, 15) is 19.2 Å². The zero-order chi connectivity index (χ0) is 29.4. The van der Waals surface area contributed by atoms with E-state index in [0.717, 1.165) is 35.1 Å². The molecule has 3 amide bonds. The van der Waals surface area contributed by atoms with Gasteiger partial charge in [0.1, 0.15) is 18.9 Å². The van der Waals surface area contributed by atoms with Crippen molar-refractivity contribution < 1.29 is 28.7 Å². The van der Waals surface area contributed by atoms with Crippen LogP contribution in [0.2, 0.25) is 10.0 Å². The van der Waals surface area contributed by atoms with E-state index in [-0.39, 0.29) is 27.8 Å². The quantitative estimate of drug-likeness (QED) is 0.139. The summed E-state index contributed by atoms with van der Waals surface area (Å²) in [5, 5.41) is 2.87. The van der Waals surface area contributed by atoms with Crippen LogP contribution in [0.25, 0.3) is 6.08 Å². The lowest BCUT2D eigenvalue weighted by Gasteiger charge is -2.13. The van der Waals surface area contributed by atoms with Crippen LogP contribution in [0.1, 0.15) is 41.3 Å². The number of anilines is 1. The van der Waals surface area contributed by atoms with Gasteiger partial charge in [-0.25, -0.2) is 4.79 Å². The Morgan fingerprint density at radius 1 is 1.00 bits per heavy atom. The maximum atomic E-state index is 12.9. The van der Waals surface area contributed by atoms with Crippen LogP contribution in [0.4, 0.5) is 10.5 Å². The first-order valence-electron chi connectivity index (χ1n) is 12.7. The van der Waals surface area contributed by atoms with E-state index in [1.54, 1.807) is 42.5 Å². The molecule has 1 fully saturated rings. The molecular weight excluding hydrogens is 587 g/mol. The number of esters is 1. The molecule has 41 heavy (non-hydrogen) atoms. The molecule has 1 saturated heterocycles. The van der Waals surface area contributed by atoms with E-state index in [1.807, 2.05) is 19.1 Å². The molecular formula is C30H26Cl2N2O6S. The van der Waals surface area contributed by atoms with Gasteiger partial charge in [-0.3, -0.25) is 19.3 Å². The lowest BCUT2D eigenvalue weighted by molar-refractivity contribution is -0.127. The van der Waals surface area contributed by atoms with Gasteiger partial charge >= 0.3 is 5.97 Å². The third kappa shape index (κ3) is 8.36. The van der Waals surface area contributed by atoms with Gasteiger partial charge in [-0.1, -0.05) is 60.8 Å². The first kappa shape index (κ1) is 30.2. The molecule has 11 heteroatoms. The van der Waals surface area contributed by atoms with Crippen LogP contribution < -0.4 is 10.1 Å². The minimum atomic E-state index is -0.608. The zero-order valence-corrected chi connectivity index (χ0v) is 24.4. The van der Waals surface area contributed by atoms with Gasteiger partial charge in [0.2, 0.25) is 5.91 Å². The van der Waals surface area contributed by atoms with E-state index in [0.29, 0.717) is 22.9 Å². The van der Waals surface area contributed by atoms with Crippen LogP contribution in [0, 0.1) is 0 Å². The molecule has 4 rings (SSSR count). The largest absolute Gasteiger partial charge is 0.489 e. The Bertz CT molecular complexity index is 1480. The fourth-order valence-corrected chi connectivity index (χ4v) is 4.84. The molecule has 3 aromatic carbocycles. The van der Waals surface area contributed by atoms with Gasteiger partial charge < -0.3 is 14.8 Å². The SMILES string of the molecule is CCCCOC(=O)c1cc(NC(=O)CN2C(=O)S/C(=C/c3ccc(OCc4ccc(Cl)cc4)cc3)C2=O)ccc1Cl. The predicted octanol–water partition coefficient (Wildman–Crippen LogP) is 7.20. The van der Waals surface area contributed by atoms with Crippen molar-refractivity contribution in [1.82, 2.24) is 4.90 Å². The fraction of sp³-hybridized carbons (Fsp3) is 0.200. The smallest absolute Gasteiger partial charge is 0.339 e. The van der Waals surface area contributed by atoms with Gasteiger partial charge in [0.05, 0.1) is 22.1 Å². The van der Waals surface area contributed by atoms with Crippen molar-refractivity contribution in [2.24, 2.45) is 0 Å². The average Bonchev–Trinajstić information content (AvgIpc) is 3.21. The molecule has 0 aromatic heterocycles. The Balaban J connectivity index is 1.34. The van der Waals surface area contributed by atoms with Gasteiger partial charge in [0.15, 0.2) is 0 Å². The average molecular weight is 614 g/mol. The minimum Gasteiger partial charge on any atom is -0.489 e. The Morgan fingerprint density at radius 3 is 2.44 bits per heavy atom. The number of benzene rings is 3. The highest BCUT2D eigenvalue weighted by molar-refractivity contribution is 8.18. The van der Waals surface area contributed by atoms with Crippen molar-refractivity contribution in [1.29, 1.82) is 0 Å². The normalized spacial score (nSPS) is 13.9. The standard InChI is InChI=1S/C30H26Cl2N2O6S/c1-2-3-14-39-29(37)24-16-22(10-13-25(24)32)33-27(35)17-34-28(36)26(41-30(34)38)15-19-6-11-23(12-7-19)40-18-20-4-8-21(31)9-5-20/h4-13,15-16H,2-3,14,17-18H2,1H3,(H,33,35)/b26-15+. The van der Waals surface area contributed by atoms with Crippen molar-refractivity contribution in [2.45, 2.75) is 26.4 Å². The van der Waals surface area contributed by atoms with E-state index >= 15 is 0 Å². The summed E-state index contributed by atoms with van der Waals surface area (Å²) < 4.78 is 11.0. The van der Waals surface area contributed by atoms with Gasteiger partial charge in [-0.05, 0) is 77.9 Å². The van der Waals surface area contributed by atoms with E-state index < -0.39 is 29.6 Å². The zero-order valence-electron chi connectivity index (χ0n) is 22.0. The highest BCUT2D eigenvalue weighted by atomic mass is 35.5. The number of hydrogen-bond donors (Lipinski definition) is 1.